The van der Waals surface area contributed by atoms with E-state index < -0.39 is 5.91 Å². The Balaban J connectivity index is 2.26. The fourth-order valence-corrected chi connectivity index (χ4v) is 2.45. The Morgan fingerprint density at radius 3 is 2.59 bits per heavy atom. The second-order valence-corrected chi connectivity index (χ2v) is 6.69. The fraction of sp³-hybridized carbons (Fsp3) is 0.471. The molecule has 2 aromatic rings. The van der Waals surface area contributed by atoms with Gasteiger partial charge in [0.15, 0.2) is 5.76 Å². The van der Waals surface area contributed by atoms with Crippen LogP contribution in [0.4, 0.5) is 0 Å². The van der Waals surface area contributed by atoms with E-state index in [1.54, 1.807) is 12.3 Å². The van der Waals surface area contributed by atoms with Gasteiger partial charge in [0.2, 0.25) is 0 Å². The third kappa shape index (κ3) is 3.42. The van der Waals surface area contributed by atoms with Gasteiger partial charge in [-0.1, -0.05) is 20.8 Å². The van der Waals surface area contributed by atoms with E-state index in [0.29, 0.717) is 6.54 Å². The molecular weight excluding hydrogens is 280 g/mol. The lowest BCUT2D eigenvalue weighted by atomic mass is 9.90. The number of rotatable bonds is 5. The van der Waals surface area contributed by atoms with E-state index in [0.717, 1.165) is 17.1 Å². The monoisotopic (exact) mass is 304 g/mol. The number of furan rings is 2. The summed E-state index contributed by atoms with van der Waals surface area (Å²) in [5, 5.41) is 0. The molecule has 0 aliphatic rings. The van der Waals surface area contributed by atoms with E-state index in [1.807, 2.05) is 19.2 Å². The van der Waals surface area contributed by atoms with E-state index in [1.165, 1.54) is 0 Å². The molecule has 0 bridgehead atoms. The highest BCUT2D eigenvalue weighted by molar-refractivity contribution is 5.90. The molecule has 0 aliphatic carbocycles. The molecule has 2 heterocycles. The third-order valence-electron chi connectivity index (χ3n) is 3.77. The Kier molecular flexibility index (Phi) is 4.47. The van der Waals surface area contributed by atoms with Crippen molar-refractivity contribution in [1.29, 1.82) is 0 Å². The number of hydrogen-bond donors (Lipinski definition) is 1. The lowest BCUT2D eigenvalue weighted by Crippen LogP contribution is -2.23. The number of primary amides is 1. The van der Waals surface area contributed by atoms with Crippen LogP contribution in [0.3, 0.4) is 0 Å². The molecule has 2 N–H and O–H groups in total. The summed E-state index contributed by atoms with van der Waals surface area (Å²) >= 11 is 0. The van der Waals surface area contributed by atoms with Crippen molar-refractivity contribution in [2.45, 2.75) is 45.7 Å². The van der Waals surface area contributed by atoms with Gasteiger partial charge in [0, 0.05) is 17.5 Å². The molecule has 5 heteroatoms. The maximum atomic E-state index is 11.4. The first-order valence-electron chi connectivity index (χ1n) is 7.36. The van der Waals surface area contributed by atoms with Gasteiger partial charge in [-0.15, -0.1) is 0 Å². The average Bonchev–Trinajstić information content (AvgIpc) is 3.05. The highest BCUT2D eigenvalue weighted by Crippen LogP contribution is 2.31. The zero-order valence-electron chi connectivity index (χ0n) is 13.8. The summed E-state index contributed by atoms with van der Waals surface area (Å²) in [4.78, 5) is 13.5. The average molecular weight is 304 g/mol. The van der Waals surface area contributed by atoms with Crippen LogP contribution in [0.2, 0.25) is 0 Å². The van der Waals surface area contributed by atoms with Crippen LogP contribution in [0.5, 0.6) is 0 Å². The van der Waals surface area contributed by atoms with Crippen molar-refractivity contribution in [2.24, 2.45) is 5.73 Å². The predicted molar refractivity (Wildman–Crippen MR) is 84.5 cm³/mol. The minimum absolute atomic E-state index is 0.120. The van der Waals surface area contributed by atoms with Crippen LogP contribution in [0.25, 0.3) is 0 Å². The topological polar surface area (TPSA) is 72.6 Å². The first-order valence-corrected chi connectivity index (χ1v) is 7.36. The summed E-state index contributed by atoms with van der Waals surface area (Å²) in [6, 6.07) is 5.70. The molecule has 120 valence electrons. The number of nitrogens with two attached hydrogens (primary N) is 1. The van der Waals surface area contributed by atoms with Gasteiger partial charge in [0.05, 0.1) is 12.3 Å². The Morgan fingerprint density at radius 2 is 2.09 bits per heavy atom. The van der Waals surface area contributed by atoms with Gasteiger partial charge in [-0.25, -0.2) is 0 Å². The molecule has 5 nitrogen and oxygen atoms in total. The molecule has 0 saturated carbocycles. The van der Waals surface area contributed by atoms with Crippen molar-refractivity contribution in [1.82, 2.24) is 4.90 Å². The van der Waals surface area contributed by atoms with Gasteiger partial charge in [-0.3, -0.25) is 9.69 Å². The predicted octanol–water partition coefficient (Wildman–Crippen LogP) is 3.46. The van der Waals surface area contributed by atoms with Gasteiger partial charge in [0.25, 0.3) is 5.91 Å². The van der Waals surface area contributed by atoms with Crippen molar-refractivity contribution < 1.29 is 13.6 Å². The summed E-state index contributed by atoms with van der Waals surface area (Å²) in [6.07, 6.45) is 1.67. The van der Waals surface area contributed by atoms with Crippen LogP contribution in [0, 0.1) is 0 Å². The van der Waals surface area contributed by atoms with Gasteiger partial charge in [-0.2, -0.15) is 0 Å². The molecular formula is C17H24N2O3. The molecule has 0 radical (unpaired) electrons. The smallest absolute Gasteiger partial charge is 0.284 e. The summed E-state index contributed by atoms with van der Waals surface area (Å²) in [7, 11) is 2.01. The van der Waals surface area contributed by atoms with E-state index in [4.69, 9.17) is 14.6 Å². The normalized spacial score (nSPS) is 13.5. The fourth-order valence-electron chi connectivity index (χ4n) is 2.45. The lowest BCUT2D eigenvalue weighted by molar-refractivity contribution is 0.0970. The second kappa shape index (κ2) is 6.01. The van der Waals surface area contributed by atoms with Crippen LogP contribution in [0.1, 0.15) is 61.4 Å². The maximum Gasteiger partial charge on any atom is 0.284 e. The number of carbonyl (C=O) groups is 1. The Hall–Kier alpha value is -2.01. The Labute approximate surface area is 131 Å². The molecule has 1 amide bonds. The molecule has 2 rings (SSSR count). The SMILES string of the molecule is CC(c1ccco1)N(C)Cc1cc(C(N)=O)oc1C(C)(C)C. The van der Waals surface area contributed by atoms with Gasteiger partial charge in [-0.05, 0) is 32.2 Å². The molecule has 1 unspecified atom stereocenters. The summed E-state index contributed by atoms with van der Waals surface area (Å²) < 4.78 is 11.1. The molecule has 1 atom stereocenters. The molecule has 0 saturated heterocycles. The largest absolute Gasteiger partial charge is 0.468 e. The van der Waals surface area contributed by atoms with Crippen LogP contribution >= 0.6 is 0 Å². The molecule has 0 spiro atoms. The number of nitrogens with zero attached hydrogens (tertiary/aromatic N) is 1. The summed E-state index contributed by atoms with van der Waals surface area (Å²) in [6.45, 7) is 8.87. The molecule has 0 aliphatic heterocycles. The van der Waals surface area contributed by atoms with Crippen molar-refractivity contribution in [2.75, 3.05) is 7.05 Å². The van der Waals surface area contributed by atoms with Gasteiger partial charge in [0.1, 0.15) is 11.5 Å². The number of carbonyl (C=O) groups excluding carboxylic acids is 1. The zero-order valence-corrected chi connectivity index (χ0v) is 13.8. The minimum atomic E-state index is -0.543. The second-order valence-electron chi connectivity index (χ2n) is 6.69. The van der Waals surface area contributed by atoms with Crippen LogP contribution < -0.4 is 5.73 Å². The van der Waals surface area contributed by atoms with E-state index in [2.05, 4.69) is 32.6 Å². The van der Waals surface area contributed by atoms with E-state index in [-0.39, 0.29) is 17.2 Å². The quantitative estimate of drug-likeness (QED) is 0.918. The summed E-state index contributed by atoms with van der Waals surface area (Å²) in [5.41, 5.74) is 6.12. The zero-order chi connectivity index (χ0) is 16.5. The van der Waals surface area contributed by atoms with E-state index >= 15 is 0 Å². The van der Waals surface area contributed by atoms with Crippen molar-refractivity contribution in [3.8, 4) is 0 Å². The molecule has 0 fully saturated rings. The number of amides is 1. The Morgan fingerprint density at radius 1 is 1.41 bits per heavy atom. The summed E-state index contributed by atoms with van der Waals surface area (Å²) in [5.74, 6) is 1.36. The van der Waals surface area contributed by atoms with Gasteiger partial charge < -0.3 is 14.6 Å². The number of hydrogen-bond acceptors (Lipinski definition) is 4. The van der Waals surface area contributed by atoms with Crippen LogP contribution in [-0.4, -0.2) is 17.9 Å². The lowest BCUT2D eigenvalue weighted by Gasteiger charge is -2.24. The molecule has 22 heavy (non-hydrogen) atoms. The van der Waals surface area contributed by atoms with Crippen molar-refractivity contribution in [3.05, 3.63) is 47.3 Å². The standard InChI is InChI=1S/C17H24N2O3/c1-11(13-7-6-8-21-13)19(5)10-12-9-14(16(18)20)22-15(12)17(2,3)4/h6-9,11H,10H2,1-5H3,(H2,18,20). The highest BCUT2D eigenvalue weighted by atomic mass is 16.4. The third-order valence-corrected chi connectivity index (χ3v) is 3.77. The Bertz CT molecular complexity index is 635. The maximum absolute atomic E-state index is 11.4. The van der Waals surface area contributed by atoms with E-state index in [9.17, 15) is 4.79 Å². The minimum Gasteiger partial charge on any atom is -0.468 e. The van der Waals surface area contributed by atoms with Crippen molar-refractivity contribution in [3.63, 3.8) is 0 Å². The first-order chi connectivity index (χ1) is 10.2. The molecule has 2 aromatic heterocycles. The van der Waals surface area contributed by atoms with Crippen molar-refractivity contribution >= 4 is 5.91 Å². The first kappa shape index (κ1) is 16.4. The van der Waals surface area contributed by atoms with Crippen LogP contribution in [0.15, 0.2) is 33.3 Å². The van der Waals surface area contributed by atoms with Gasteiger partial charge >= 0.3 is 0 Å². The van der Waals surface area contributed by atoms with Crippen LogP contribution in [-0.2, 0) is 12.0 Å². The molecule has 0 aromatic carbocycles. The highest BCUT2D eigenvalue weighted by Gasteiger charge is 2.26.